The zero-order valence-electron chi connectivity index (χ0n) is 29.6. The van der Waals surface area contributed by atoms with E-state index in [1.54, 1.807) is 0 Å². The number of para-hydroxylation sites is 3. The molecule has 5 heteroatoms. The van der Waals surface area contributed by atoms with E-state index < -0.39 is 0 Å². The maximum atomic E-state index is 6.45. The monoisotopic (exact) mass is 672 g/mol. The Hall–Kier alpha value is -6.20. The fourth-order valence-corrected chi connectivity index (χ4v) is 9.62. The summed E-state index contributed by atoms with van der Waals surface area (Å²) in [6, 6.07) is 47.7. The van der Waals surface area contributed by atoms with Crippen LogP contribution in [0.5, 0.6) is 0 Å². The topological polar surface area (TPSA) is 48.8 Å². The van der Waals surface area contributed by atoms with E-state index in [0.29, 0.717) is 11.5 Å². The van der Waals surface area contributed by atoms with Gasteiger partial charge < -0.3 is 8.98 Å². The van der Waals surface area contributed by atoms with Crippen molar-refractivity contribution in [3.8, 4) is 22.9 Å². The van der Waals surface area contributed by atoms with Gasteiger partial charge >= 0.3 is 0 Å². The minimum atomic E-state index is 0.104. The first-order valence-corrected chi connectivity index (χ1v) is 18.1. The summed E-state index contributed by atoms with van der Waals surface area (Å²) in [5.41, 5.74) is 11.3. The van der Waals surface area contributed by atoms with Crippen LogP contribution in [0, 0.1) is 0 Å². The standard InChI is InChI=1S/C47H36N4O/c1-46(2)27-47(3,4)34-26-29(22-23-33(34)46)50-35-19-11-8-16-30(35)40-37(50)24-25-38-41(40)31-17-9-12-20-36(31)51(38)44-42-32-18-10-13-21-39(32)52-45(42)49-43(48-44)28-14-6-5-7-15-28/h5-26H,27H2,1-4H3. The Morgan fingerprint density at radius 1 is 0.519 bits per heavy atom. The van der Waals surface area contributed by atoms with E-state index in [1.807, 2.05) is 30.3 Å². The van der Waals surface area contributed by atoms with Crippen LogP contribution in [-0.2, 0) is 10.8 Å². The van der Waals surface area contributed by atoms with Crippen LogP contribution >= 0.6 is 0 Å². The van der Waals surface area contributed by atoms with Crippen LogP contribution < -0.4 is 0 Å². The number of nitrogens with zero attached hydrogens (tertiary/aromatic N) is 4. The highest BCUT2D eigenvalue weighted by atomic mass is 16.3. The largest absolute Gasteiger partial charge is 0.437 e. The molecule has 0 aliphatic heterocycles. The predicted octanol–water partition coefficient (Wildman–Crippen LogP) is 12.2. The molecule has 0 fully saturated rings. The molecule has 11 rings (SSSR count). The molecule has 0 N–H and O–H groups in total. The van der Waals surface area contributed by atoms with Crippen molar-refractivity contribution in [2.24, 2.45) is 0 Å². The Morgan fingerprint density at radius 2 is 1.12 bits per heavy atom. The zero-order valence-corrected chi connectivity index (χ0v) is 29.6. The third kappa shape index (κ3) is 3.93. The normalized spacial score (nSPS) is 15.2. The van der Waals surface area contributed by atoms with Gasteiger partial charge in [-0.2, -0.15) is 4.98 Å². The molecule has 0 amide bonds. The van der Waals surface area contributed by atoms with Crippen molar-refractivity contribution in [1.29, 1.82) is 0 Å². The molecule has 5 nitrogen and oxygen atoms in total. The average molecular weight is 673 g/mol. The highest BCUT2D eigenvalue weighted by molar-refractivity contribution is 6.29. The molecule has 6 aromatic carbocycles. The SMILES string of the molecule is CC1(C)CC(C)(C)c2cc(-n3c4ccccc4c4c5c6ccccc6n(-c6nc(-c7ccccc7)nc7oc8ccccc8c67)c5ccc43)ccc21. The van der Waals surface area contributed by atoms with Gasteiger partial charge in [-0.05, 0) is 70.8 Å². The molecule has 4 aromatic heterocycles. The van der Waals surface area contributed by atoms with Gasteiger partial charge in [-0.15, -0.1) is 0 Å². The van der Waals surface area contributed by atoms with E-state index in [2.05, 4.69) is 140 Å². The Morgan fingerprint density at radius 3 is 1.85 bits per heavy atom. The molecule has 0 saturated heterocycles. The number of benzene rings is 6. The molecule has 10 aromatic rings. The number of rotatable bonds is 3. The number of furan rings is 1. The maximum absolute atomic E-state index is 6.45. The summed E-state index contributed by atoms with van der Waals surface area (Å²) in [7, 11) is 0. The molecule has 0 unspecified atom stereocenters. The summed E-state index contributed by atoms with van der Waals surface area (Å²) in [5, 5.41) is 6.78. The molecule has 0 saturated carbocycles. The van der Waals surface area contributed by atoms with Crippen molar-refractivity contribution in [3.05, 3.63) is 145 Å². The van der Waals surface area contributed by atoms with Crippen molar-refractivity contribution in [2.45, 2.75) is 44.9 Å². The molecule has 0 radical (unpaired) electrons. The van der Waals surface area contributed by atoms with E-state index in [1.165, 1.54) is 49.4 Å². The minimum absolute atomic E-state index is 0.104. The maximum Gasteiger partial charge on any atom is 0.233 e. The van der Waals surface area contributed by atoms with Crippen molar-refractivity contribution in [2.75, 3.05) is 0 Å². The van der Waals surface area contributed by atoms with Crippen LogP contribution in [0.4, 0.5) is 0 Å². The first kappa shape index (κ1) is 29.5. The fraction of sp³-hybridized carbons (Fsp3) is 0.149. The van der Waals surface area contributed by atoms with E-state index in [0.717, 1.165) is 45.2 Å². The lowest BCUT2D eigenvalue weighted by Crippen LogP contribution is -2.18. The Labute approximate surface area is 300 Å². The Bertz CT molecular complexity index is 3100. The number of hydrogen-bond donors (Lipinski definition) is 0. The van der Waals surface area contributed by atoms with Gasteiger partial charge in [0.15, 0.2) is 11.6 Å². The molecule has 0 atom stereocenters. The zero-order chi connectivity index (χ0) is 34.9. The van der Waals surface area contributed by atoms with Gasteiger partial charge in [0.05, 0.1) is 27.5 Å². The van der Waals surface area contributed by atoms with Gasteiger partial charge in [0, 0.05) is 38.2 Å². The van der Waals surface area contributed by atoms with Gasteiger partial charge in [-0.25, -0.2) is 4.98 Å². The van der Waals surface area contributed by atoms with E-state index in [9.17, 15) is 0 Å². The summed E-state index contributed by atoms with van der Waals surface area (Å²) >= 11 is 0. The second kappa shape index (κ2) is 10.2. The highest BCUT2D eigenvalue weighted by Crippen LogP contribution is 2.50. The van der Waals surface area contributed by atoms with Crippen molar-refractivity contribution < 1.29 is 4.42 Å². The van der Waals surface area contributed by atoms with Gasteiger partial charge in [0.2, 0.25) is 5.71 Å². The summed E-state index contributed by atoms with van der Waals surface area (Å²) in [5.74, 6) is 1.44. The lowest BCUT2D eigenvalue weighted by atomic mass is 9.82. The molecule has 1 aliphatic carbocycles. The number of hydrogen-bond acceptors (Lipinski definition) is 3. The quantitative estimate of drug-likeness (QED) is 0.188. The molecular weight excluding hydrogens is 637 g/mol. The summed E-state index contributed by atoms with van der Waals surface area (Å²) < 4.78 is 11.2. The van der Waals surface area contributed by atoms with Gasteiger partial charge in [0.1, 0.15) is 5.58 Å². The molecule has 1 aliphatic rings. The Kier molecular flexibility index (Phi) is 5.79. The van der Waals surface area contributed by atoms with Crippen molar-refractivity contribution in [3.63, 3.8) is 0 Å². The van der Waals surface area contributed by atoms with E-state index >= 15 is 0 Å². The van der Waals surface area contributed by atoms with E-state index in [-0.39, 0.29) is 10.8 Å². The fourth-order valence-electron chi connectivity index (χ4n) is 9.62. The second-order valence-electron chi connectivity index (χ2n) is 15.7. The van der Waals surface area contributed by atoms with Gasteiger partial charge in [-0.3, -0.25) is 4.57 Å². The number of aromatic nitrogens is 4. The molecule has 52 heavy (non-hydrogen) atoms. The predicted molar refractivity (Wildman–Crippen MR) is 214 cm³/mol. The first-order chi connectivity index (χ1) is 25.3. The smallest absolute Gasteiger partial charge is 0.233 e. The van der Waals surface area contributed by atoms with Crippen molar-refractivity contribution >= 4 is 65.7 Å². The summed E-state index contributed by atoms with van der Waals surface area (Å²) in [6.45, 7) is 9.55. The first-order valence-electron chi connectivity index (χ1n) is 18.1. The molecule has 250 valence electrons. The average Bonchev–Trinajstić information content (AvgIpc) is 3.86. The minimum Gasteiger partial charge on any atom is -0.437 e. The summed E-state index contributed by atoms with van der Waals surface area (Å²) in [4.78, 5) is 10.4. The Balaban J connectivity index is 1.27. The second-order valence-corrected chi connectivity index (χ2v) is 15.7. The van der Waals surface area contributed by atoms with Gasteiger partial charge in [-0.1, -0.05) is 119 Å². The van der Waals surface area contributed by atoms with Crippen LogP contribution in [0.3, 0.4) is 0 Å². The van der Waals surface area contributed by atoms with Crippen LogP contribution in [0.2, 0.25) is 0 Å². The number of fused-ring (bicyclic) bond motifs is 11. The molecule has 0 bridgehead atoms. The highest BCUT2D eigenvalue weighted by Gasteiger charge is 2.42. The molecular formula is C47H36N4O. The molecule has 4 heterocycles. The van der Waals surface area contributed by atoms with E-state index in [4.69, 9.17) is 14.4 Å². The van der Waals surface area contributed by atoms with Crippen LogP contribution in [0.1, 0.15) is 45.2 Å². The van der Waals surface area contributed by atoms with Crippen LogP contribution in [0.25, 0.3) is 88.6 Å². The third-order valence-electron chi connectivity index (χ3n) is 11.5. The lowest BCUT2D eigenvalue weighted by molar-refractivity contribution is 0.403. The third-order valence-corrected chi connectivity index (χ3v) is 11.5. The molecule has 0 spiro atoms. The van der Waals surface area contributed by atoms with Crippen LogP contribution in [0.15, 0.2) is 138 Å². The summed E-state index contributed by atoms with van der Waals surface area (Å²) in [6.07, 6.45) is 1.14. The van der Waals surface area contributed by atoms with Crippen molar-refractivity contribution in [1.82, 2.24) is 19.1 Å². The van der Waals surface area contributed by atoms with Crippen LogP contribution in [-0.4, -0.2) is 19.1 Å². The lowest BCUT2D eigenvalue weighted by Gasteiger charge is -2.22. The van der Waals surface area contributed by atoms with Gasteiger partial charge in [0.25, 0.3) is 0 Å².